The van der Waals surface area contributed by atoms with E-state index in [-0.39, 0.29) is 24.4 Å². The summed E-state index contributed by atoms with van der Waals surface area (Å²) < 4.78 is 10.4. The Balaban J connectivity index is 2.67. The first kappa shape index (κ1) is 11.2. The smallest absolute Gasteiger partial charge is 0.186 e. The Hall–Kier alpha value is -0.850. The standard InChI is InChI=1S/C8H17N3O3/c1-4-7(12)5(11-8(9)10)3-6(13-2)14-4/h4-7,12H,3H2,1-2H3,(H4,9,10,11)/t4-,5-,6-,7+/m0/s1. The van der Waals surface area contributed by atoms with Crippen LogP contribution in [0.3, 0.4) is 0 Å². The van der Waals surface area contributed by atoms with Gasteiger partial charge in [0.15, 0.2) is 12.2 Å². The van der Waals surface area contributed by atoms with Gasteiger partial charge in [0, 0.05) is 13.5 Å². The van der Waals surface area contributed by atoms with Crippen LogP contribution in [0.15, 0.2) is 4.99 Å². The zero-order chi connectivity index (χ0) is 10.7. The number of nitrogens with two attached hydrogens (primary N) is 2. The molecule has 1 aliphatic rings. The molecule has 6 nitrogen and oxygen atoms in total. The summed E-state index contributed by atoms with van der Waals surface area (Å²) in [7, 11) is 1.54. The van der Waals surface area contributed by atoms with Crippen molar-refractivity contribution in [1.82, 2.24) is 0 Å². The van der Waals surface area contributed by atoms with Gasteiger partial charge >= 0.3 is 0 Å². The summed E-state index contributed by atoms with van der Waals surface area (Å²) in [4.78, 5) is 3.93. The molecule has 82 valence electrons. The van der Waals surface area contributed by atoms with Crippen LogP contribution < -0.4 is 11.5 Å². The van der Waals surface area contributed by atoms with Gasteiger partial charge in [0.1, 0.15) is 6.10 Å². The number of nitrogens with zero attached hydrogens (tertiary/aromatic N) is 1. The number of aliphatic hydroxyl groups excluding tert-OH is 1. The molecule has 0 bridgehead atoms. The third-order valence-electron chi connectivity index (χ3n) is 2.25. The van der Waals surface area contributed by atoms with Crippen LogP contribution in [-0.4, -0.2) is 42.7 Å². The predicted molar refractivity (Wildman–Crippen MR) is 51.6 cm³/mol. The highest BCUT2D eigenvalue weighted by Gasteiger charge is 2.35. The van der Waals surface area contributed by atoms with Crippen molar-refractivity contribution >= 4 is 5.96 Å². The molecule has 0 unspecified atom stereocenters. The second-order valence-electron chi connectivity index (χ2n) is 3.35. The summed E-state index contributed by atoms with van der Waals surface area (Å²) in [5.74, 6) is -0.0296. The first-order chi connectivity index (χ1) is 6.54. The van der Waals surface area contributed by atoms with Crippen molar-refractivity contribution in [2.75, 3.05) is 7.11 Å². The summed E-state index contributed by atoms with van der Waals surface area (Å²) in [6, 6.07) is -0.353. The van der Waals surface area contributed by atoms with Crippen molar-refractivity contribution in [3.05, 3.63) is 0 Å². The number of aliphatic imine (C=N–C) groups is 1. The van der Waals surface area contributed by atoms with E-state index in [9.17, 15) is 5.11 Å². The van der Waals surface area contributed by atoms with Crippen LogP contribution >= 0.6 is 0 Å². The van der Waals surface area contributed by atoms with E-state index in [1.807, 2.05) is 0 Å². The van der Waals surface area contributed by atoms with E-state index in [2.05, 4.69) is 4.99 Å². The average molecular weight is 203 g/mol. The van der Waals surface area contributed by atoms with Gasteiger partial charge in [-0.2, -0.15) is 0 Å². The zero-order valence-corrected chi connectivity index (χ0v) is 8.38. The lowest BCUT2D eigenvalue weighted by Gasteiger charge is -2.35. The molecule has 1 rings (SSSR count). The van der Waals surface area contributed by atoms with Crippen LogP contribution in [0, 0.1) is 0 Å². The average Bonchev–Trinajstić information content (AvgIpc) is 2.11. The maximum Gasteiger partial charge on any atom is 0.186 e. The largest absolute Gasteiger partial charge is 0.388 e. The monoisotopic (exact) mass is 203 g/mol. The van der Waals surface area contributed by atoms with E-state index < -0.39 is 6.10 Å². The normalized spacial score (nSPS) is 37.9. The fourth-order valence-electron chi connectivity index (χ4n) is 1.50. The second kappa shape index (κ2) is 4.59. The van der Waals surface area contributed by atoms with Gasteiger partial charge in [-0.25, -0.2) is 4.99 Å². The molecule has 1 saturated heterocycles. The zero-order valence-electron chi connectivity index (χ0n) is 8.38. The molecule has 14 heavy (non-hydrogen) atoms. The van der Waals surface area contributed by atoms with Crippen LogP contribution in [0.1, 0.15) is 13.3 Å². The third kappa shape index (κ3) is 2.57. The van der Waals surface area contributed by atoms with Crippen LogP contribution in [0.25, 0.3) is 0 Å². The van der Waals surface area contributed by atoms with Crippen molar-refractivity contribution < 1.29 is 14.6 Å². The van der Waals surface area contributed by atoms with Crippen molar-refractivity contribution in [1.29, 1.82) is 0 Å². The maximum absolute atomic E-state index is 9.70. The first-order valence-corrected chi connectivity index (χ1v) is 4.49. The summed E-state index contributed by atoms with van der Waals surface area (Å²) in [6.07, 6.45) is -0.924. The minimum Gasteiger partial charge on any atom is -0.388 e. The molecule has 0 amide bonds. The van der Waals surface area contributed by atoms with Gasteiger partial charge in [0.2, 0.25) is 0 Å². The highest BCUT2D eigenvalue weighted by Crippen LogP contribution is 2.22. The summed E-state index contributed by atoms with van der Waals surface area (Å²) >= 11 is 0. The molecule has 1 aliphatic heterocycles. The number of rotatable bonds is 2. The van der Waals surface area contributed by atoms with E-state index >= 15 is 0 Å². The Morgan fingerprint density at radius 1 is 1.57 bits per heavy atom. The Labute approximate surface area is 82.9 Å². The van der Waals surface area contributed by atoms with Crippen molar-refractivity contribution in [3.63, 3.8) is 0 Å². The third-order valence-corrected chi connectivity index (χ3v) is 2.25. The SMILES string of the molecule is CO[C@@H]1C[C@H](N=C(N)N)[C@H](O)[C@H](C)O1. The van der Waals surface area contributed by atoms with Gasteiger partial charge in [-0.15, -0.1) is 0 Å². The Morgan fingerprint density at radius 2 is 2.21 bits per heavy atom. The molecule has 1 fully saturated rings. The topological polar surface area (TPSA) is 103 Å². The van der Waals surface area contributed by atoms with Crippen molar-refractivity contribution in [2.45, 2.75) is 37.9 Å². The molecule has 0 aromatic carbocycles. The van der Waals surface area contributed by atoms with Gasteiger partial charge in [0.05, 0.1) is 12.1 Å². The Bertz CT molecular complexity index is 218. The van der Waals surface area contributed by atoms with Gasteiger partial charge in [0.25, 0.3) is 0 Å². The molecule has 0 aromatic heterocycles. The lowest BCUT2D eigenvalue weighted by Crippen LogP contribution is -2.47. The Morgan fingerprint density at radius 3 is 2.71 bits per heavy atom. The number of methoxy groups -OCH3 is 1. The van der Waals surface area contributed by atoms with Gasteiger partial charge < -0.3 is 26.0 Å². The van der Waals surface area contributed by atoms with E-state index in [1.165, 1.54) is 0 Å². The Kier molecular flexibility index (Phi) is 3.68. The predicted octanol–water partition coefficient (Wildman–Crippen LogP) is -1.23. The van der Waals surface area contributed by atoms with Crippen molar-refractivity contribution in [2.24, 2.45) is 16.5 Å². The summed E-state index contributed by atoms with van der Waals surface area (Å²) in [5.41, 5.74) is 10.5. The molecule has 1 heterocycles. The number of ether oxygens (including phenoxy) is 2. The second-order valence-corrected chi connectivity index (χ2v) is 3.35. The summed E-state index contributed by atoms with van der Waals surface area (Å²) in [6.45, 7) is 1.76. The highest BCUT2D eigenvalue weighted by atomic mass is 16.7. The van der Waals surface area contributed by atoms with E-state index in [1.54, 1.807) is 14.0 Å². The fraction of sp³-hybridized carbons (Fsp3) is 0.875. The van der Waals surface area contributed by atoms with E-state index in [0.717, 1.165) is 0 Å². The molecule has 4 atom stereocenters. The quantitative estimate of drug-likeness (QED) is 0.385. The maximum atomic E-state index is 9.70. The van der Waals surface area contributed by atoms with Crippen LogP contribution in [0.4, 0.5) is 0 Å². The van der Waals surface area contributed by atoms with Crippen LogP contribution in [0.2, 0.25) is 0 Å². The lowest BCUT2D eigenvalue weighted by atomic mass is 10.0. The molecule has 5 N–H and O–H groups in total. The number of hydrogen-bond donors (Lipinski definition) is 3. The molecule has 0 spiro atoms. The van der Waals surface area contributed by atoms with E-state index in [0.29, 0.717) is 6.42 Å². The van der Waals surface area contributed by atoms with Gasteiger partial charge in [-0.3, -0.25) is 0 Å². The van der Waals surface area contributed by atoms with Crippen LogP contribution in [-0.2, 0) is 9.47 Å². The highest BCUT2D eigenvalue weighted by molar-refractivity contribution is 5.75. The molecule has 0 saturated carbocycles. The number of guanidine groups is 1. The lowest BCUT2D eigenvalue weighted by molar-refractivity contribution is -0.211. The molecule has 0 aromatic rings. The van der Waals surface area contributed by atoms with Crippen LogP contribution in [0.5, 0.6) is 0 Å². The molecule has 6 heteroatoms. The number of aliphatic hydroxyl groups is 1. The van der Waals surface area contributed by atoms with Gasteiger partial charge in [-0.05, 0) is 6.92 Å². The minimum atomic E-state index is -0.691. The summed E-state index contributed by atoms with van der Waals surface area (Å²) in [5, 5.41) is 9.70. The molecule has 0 aliphatic carbocycles. The van der Waals surface area contributed by atoms with Crippen molar-refractivity contribution in [3.8, 4) is 0 Å². The fourth-order valence-corrected chi connectivity index (χ4v) is 1.50. The number of hydrogen-bond acceptors (Lipinski definition) is 4. The molecular formula is C8H17N3O3. The first-order valence-electron chi connectivity index (χ1n) is 4.49. The minimum absolute atomic E-state index is 0.0296. The molecular weight excluding hydrogens is 186 g/mol. The molecule has 0 radical (unpaired) electrons. The van der Waals surface area contributed by atoms with Gasteiger partial charge in [-0.1, -0.05) is 0 Å². The van der Waals surface area contributed by atoms with E-state index in [4.69, 9.17) is 20.9 Å².